The number of rotatable bonds is 4. The van der Waals surface area contributed by atoms with E-state index in [1.165, 1.54) is 0 Å². The molecule has 0 bridgehead atoms. The SMILES string of the molecule is Cc1noc(COC2CN(C(=O)CCl)C2)n1. The van der Waals surface area contributed by atoms with Gasteiger partial charge in [-0.2, -0.15) is 4.98 Å². The van der Waals surface area contributed by atoms with Crippen LogP contribution in [0.3, 0.4) is 0 Å². The lowest BCUT2D eigenvalue weighted by Gasteiger charge is -2.38. The van der Waals surface area contributed by atoms with Crippen molar-refractivity contribution in [2.24, 2.45) is 0 Å². The van der Waals surface area contributed by atoms with Gasteiger partial charge in [-0.1, -0.05) is 5.16 Å². The predicted octanol–water partition coefficient (Wildman–Crippen LogP) is 0.344. The first-order chi connectivity index (χ1) is 7.69. The van der Waals surface area contributed by atoms with Crippen LogP contribution in [0.25, 0.3) is 0 Å². The van der Waals surface area contributed by atoms with E-state index >= 15 is 0 Å². The van der Waals surface area contributed by atoms with Gasteiger partial charge in [0.15, 0.2) is 5.82 Å². The third kappa shape index (κ3) is 2.51. The van der Waals surface area contributed by atoms with Crippen molar-refractivity contribution in [1.29, 1.82) is 0 Å². The maximum Gasteiger partial charge on any atom is 0.252 e. The Labute approximate surface area is 97.5 Å². The lowest BCUT2D eigenvalue weighted by Crippen LogP contribution is -2.55. The van der Waals surface area contributed by atoms with Gasteiger partial charge in [0.05, 0.1) is 6.10 Å². The van der Waals surface area contributed by atoms with Gasteiger partial charge in [-0.25, -0.2) is 0 Å². The third-order valence-electron chi connectivity index (χ3n) is 2.33. The Hall–Kier alpha value is -1.14. The number of nitrogens with zero attached hydrogens (tertiary/aromatic N) is 3. The van der Waals surface area contributed by atoms with Crippen LogP contribution in [0.15, 0.2) is 4.52 Å². The van der Waals surface area contributed by atoms with Gasteiger partial charge in [0.2, 0.25) is 5.91 Å². The lowest BCUT2D eigenvalue weighted by molar-refractivity contribution is -0.143. The number of ether oxygens (including phenoxy) is 1. The number of hydrogen-bond donors (Lipinski definition) is 0. The maximum atomic E-state index is 11.1. The second-order valence-electron chi connectivity index (χ2n) is 3.60. The van der Waals surface area contributed by atoms with Gasteiger partial charge < -0.3 is 14.2 Å². The molecular weight excluding hydrogens is 234 g/mol. The Morgan fingerprint density at radius 1 is 1.69 bits per heavy atom. The summed E-state index contributed by atoms with van der Waals surface area (Å²) in [6.07, 6.45) is 0.0411. The summed E-state index contributed by atoms with van der Waals surface area (Å²) >= 11 is 5.42. The Morgan fingerprint density at radius 3 is 3.00 bits per heavy atom. The summed E-state index contributed by atoms with van der Waals surface area (Å²) in [6.45, 7) is 3.20. The highest BCUT2D eigenvalue weighted by Gasteiger charge is 2.30. The molecule has 0 atom stereocenters. The molecule has 7 heteroatoms. The van der Waals surface area contributed by atoms with E-state index in [0.717, 1.165) is 0 Å². The molecule has 16 heavy (non-hydrogen) atoms. The molecule has 0 unspecified atom stereocenters. The average Bonchev–Trinajstić information content (AvgIpc) is 2.61. The van der Waals surface area contributed by atoms with Crippen LogP contribution >= 0.6 is 11.6 Å². The summed E-state index contributed by atoms with van der Waals surface area (Å²) < 4.78 is 10.4. The standard InChI is InChI=1S/C9H12ClN3O3/c1-6-11-8(16-12-6)5-15-7-3-13(4-7)9(14)2-10/h7H,2-5H2,1H3. The molecule has 0 spiro atoms. The molecule has 2 rings (SSSR count). The molecule has 1 saturated heterocycles. The zero-order valence-corrected chi connectivity index (χ0v) is 9.61. The van der Waals surface area contributed by atoms with E-state index in [-0.39, 0.29) is 24.5 Å². The van der Waals surface area contributed by atoms with E-state index in [0.29, 0.717) is 24.8 Å². The Kier molecular flexibility index (Phi) is 3.40. The molecule has 6 nitrogen and oxygen atoms in total. The van der Waals surface area contributed by atoms with Crippen molar-refractivity contribution >= 4 is 17.5 Å². The lowest BCUT2D eigenvalue weighted by atomic mass is 10.2. The number of aryl methyl sites for hydroxylation is 1. The van der Waals surface area contributed by atoms with E-state index in [1.54, 1.807) is 11.8 Å². The first-order valence-electron chi connectivity index (χ1n) is 4.93. The molecule has 2 heterocycles. The van der Waals surface area contributed by atoms with E-state index in [1.807, 2.05) is 0 Å². The fourth-order valence-corrected chi connectivity index (χ4v) is 1.59. The minimum absolute atomic E-state index is 0.0234. The van der Waals surface area contributed by atoms with Crippen LogP contribution in [0.2, 0.25) is 0 Å². The Bertz CT molecular complexity index is 376. The van der Waals surface area contributed by atoms with Crippen molar-refractivity contribution in [3.63, 3.8) is 0 Å². The molecule has 0 saturated carbocycles. The number of likely N-dealkylation sites (tertiary alicyclic amines) is 1. The van der Waals surface area contributed by atoms with Crippen molar-refractivity contribution in [3.05, 3.63) is 11.7 Å². The van der Waals surface area contributed by atoms with Gasteiger partial charge in [0, 0.05) is 13.1 Å². The summed E-state index contributed by atoms with van der Waals surface area (Å²) in [7, 11) is 0. The van der Waals surface area contributed by atoms with Crippen LogP contribution in [-0.2, 0) is 16.1 Å². The van der Waals surface area contributed by atoms with Crippen LogP contribution in [-0.4, -0.2) is 46.0 Å². The number of alkyl halides is 1. The first kappa shape index (κ1) is 11.3. The Balaban J connectivity index is 1.68. The first-order valence-corrected chi connectivity index (χ1v) is 5.47. The zero-order chi connectivity index (χ0) is 11.5. The van der Waals surface area contributed by atoms with Crippen molar-refractivity contribution in [2.75, 3.05) is 19.0 Å². The molecule has 1 aliphatic rings. The fraction of sp³-hybridized carbons (Fsp3) is 0.667. The van der Waals surface area contributed by atoms with Gasteiger partial charge in [-0.3, -0.25) is 4.79 Å². The van der Waals surface area contributed by atoms with Gasteiger partial charge in [-0.05, 0) is 6.92 Å². The van der Waals surface area contributed by atoms with Crippen LogP contribution in [0.5, 0.6) is 0 Å². The minimum atomic E-state index is -0.0600. The second-order valence-corrected chi connectivity index (χ2v) is 3.87. The summed E-state index contributed by atoms with van der Waals surface area (Å²) in [5.41, 5.74) is 0. The van der Waals surface area contributed by atoms with Crippen molar-refractivity contribution in [3.8, 4) is 0 Å². The third-order valence-corrected chi connectivity index (χ3v) is 2.56. The van der Waals surface area contributed by atoms with Gasteiger partial charge in [-0.15, -0.1) is 11.6 Å². The number of aromatic nitrogens is 2. The molecular formula is C9H12ClN3O3. The summed E-state index contributed by atoms with van der Waals surface area (Å²) in [5, 5.41) is 3.65. The molecule has 1 aromatic heterocycles. The van der Waals surface area contributed by atoms with E-state index < -0.39 is 0 Å². The number of carbonyl (C=O) groups excluding carboxylic acids is 1. The van der Waals surface area contributed by atoms with E-state index in [2.05, 4.69) is 10.1 Å². The van der Waals surface area contributed by atoms with Crippen molar-refractivity contribution < 1.29 is 14.1 Å². The molecule has 1 aliphatic heterocycles. The second kappa shape index (κ2) is 4.80. The molecule has 0 aliphatic carbocycles. The summed E-state index contributed by atoms with van der Waals surface area (Å²) in [6, 6.07) is 0. The average molecular weight is 246 g/mol. The monoisotopic (exact) mass is 245 g/mol. The molecule has 1 fully saturated rings. The van der Waals surface area contributed by atoms with Gasteiger partial charge >= 0.3 is 0 Å². The van der Waals surface area contributed by atoms with Crippen molar-refractivity contribution in [2.45, 2.75) is 19.6 Å². The number of carbonyl (C=O) groups is 1. The largest absolute Gasteiger partial charge is 0.365 e. The van der Waals surface area contributed by atoms with Gasteiger partial charge in [0.1, 0.15) is 12.5 Å². The molecule has 1 amide bonds. The van der Waals surface area contributed by atoms with Crippen LogP contribution in [0.1, 0.15) is 11.7 Å². The van der Waals surface area contributed by atoms with Gasteiger partial charge in [0.25, 0.3) is 5.89 Å². The highest BCUT2D eigenvalue weighted by atomic mass is 35.5. The summed E-state index contributed by atoms with van der Waals surface area (Å²) in [4.78, 5) is 16.8. The number of hydrogen-bond acceptors (Lipinski definition) is 5. The normalized spacial score (nSPS) is 16.2. The minimum Gasteiger partial charge on any atom is -0.365 e. The fourth-order valence-electron chi connectivity index (χ4n) is 1.42. The van der Waals surface area contributed by atoms with Crippen LogP contribution in [0, 0.1) is 6.92 Å². The summed E-state index contributed by atoms with van der Waals surface area (Å²) in [5.74, 6) is 1.01. The molecule has 0 N–H and O–H groups in total. The molecule has 0 radical (unpaired) electrons. The number of amides is 1. The topological polar surface area (TPSA) is 68.5 Å². The predicted molar refractivity (Wildman–Crippen MR) is 54.9 cm³/mol. The van der Waals surface area contributed by atoms with Crippen LogP contribution in [0.4, 0.5) is 0 Å². The van der Waals surface area contributed by atoms with Crippen LogP contribution < -0.4 is 0 Å². The zero-order valence-electron chi connectivity index (χ0n) is 8.85. The molecule has 88 valence electrons. The van der Waals surface area contributed by atoms with Crippen molar-refractivity contribution in [1.82, 2.24) is 15.0 Å². The van der Waals surface area contributed by atoms with E-state index in [9.17, 15) is 4.79 Å². The highest BCUT2D eigenvalue weighted by Crippen LogP contribution is 2.14. The quantitative estimate of drug-likeness (QED) is 0.716. The Morgan fingerprint density at radius 2 is 2.44 bits per heavy atom. The number of halogens is 1. The highest BCUT2D eigenvalue weighted by molar-refractivity contribution is 6.27. The molecule has 1 aromatic rings. The smallest absolute Gasteiger partial charge is 0.252 e. The van der Waals surface area contributed by atoms with E-state index in [4.69, 9.17) is 20.9 Å². The maximum absolute atomic E-state index is 11.1. The molecule has 0 aromatic carbocycles.